The summed E-state index contributed by atoms with van der Waals surface area (Å²) in [5.41, 5.74) is 0.340. The highest BCUT2D eigenvalue weighted by atomic mass is 16.8. The van der Waals surface area contributed by atoms with Crippen molar-refractivity contribution < 1.29 is 28.6 Å². The Bertz CT molecular complexity index is 1120. The number of ether oxygens (including phenoxy) is 3. The summed E-state index contributed by atoms with van der Waals surface area (Å²) >= 11 is 0. The van der Waals surface area contributed by atoms with E-state index in [4.69, 9.17) is 14.2 Å². The van der Waals surface area contributed by atoms with Crippen LogP contribution in [0.4, 0.5) is 4.79 Å². The summed E-state index contributed by atoms with van der Waals surface area (Å²) in [5.74, 6) is -2.55. The molecule has 8 nitrogen and oxygen atoms in total. The van der Waals surface area contributed by atoms with E-state index in [2.05, 4.69) is 0 Å². The van der Waals surface area contributed by atoms with E-state index < -0.39 is 41.5 Å². The molecule has 4 atom stereocenters. The highest BCUT2D eigenvalue weighted by molar-refractivity contribution is 6.08. The lowest BCUT2D eigenvalue weighted by molar-refractivity contribution is -0.178. The first-order valence-corrected chi connectivity index (χ1v) is 12.0. The summed E-state index contributed by atoms with van der Waals surface area (Å²) < 4.78 is 17.8. The molecule has 0 aromatic heterocycles. The number of imide groups is 1. The summed E-state index contributed by atoms with van der Waals surface area (Å²) in [6, 6.07) is 18.5. The van der Waals surface area contributed by atoms with Crippen molar-refractivity contribution in [1.82, 2.24) is 9.80 Å². The Morgan fingerprint density at radius 1 is 0.971 bits per heavy atom. The third-order valence-electron chi connectivity index (χ3n) is 7.04. The van der Waals surface area contributed by atoms with Crippen LogP contribution in [0.1, 0.15) is 38.3 Å². The summed E-state index contributed by atoms with van der Waals surface area (Å²) in [7, 11) is 0. The van der Waals surface area contributed by atoms with E-state index in [-0.39, 0.29) is 32.0 Å². The largest absolute Gasteiger partial charge is 0.466 e. The smallest absolute Gasteiger partial charge is 0.328 e. The maximum absolute atomic E-state index is 14.2. The van der Waals surface area contributed by atoms with Gasteiger partial charge in [-0.15, -0.1) is 0 Å². The highest BCUT2D eigenvalue weighted by Gasteiger charge is 2.73. The van der Waals surface area contributed by atoms with Crippen LogP contribution in [0.15, 0.2) is 60.7 Å². The van der Waals surface area contributed by atoms with E-state index in [0.717, 1.165) is 11.1 Å². The Balaban J connectivity index is 1.59. The molecule has 8 heteroatoms. The predicted molar refractivity (Wildman–Crippen MR) is 126 cm³/mol. The van der Waals surface area contributed by atoms with Crippen LogP contribution in [0.25, 0.3) is 0 Å². The number of rotatable bonds is 6. The second-order valence-corrected chi connectivity index (χ2v) is 9.74. The second kappa shape index (κ2) is 8.77. The Kier molecular flexibility index (Phi) is 5.89. The minimum atomic E-state index is -1.38. The van der Waals surface area contributed by atoms with Gasteiger partial charge in [0.1, 0.15) is 12.2 Å². The predicted octanol–water partition coefficient (Wildman–Crippen LogP) is 3.49. The summed E-state index contributed by atoms with van der Waals surface area (Å²) in [6.45, 7) is 5.81. The van der Waals surface area contributed by atoms with E-state index in [9.17, 15) is 14.4 Å². The first-order chi connectivity index (χ1) is 16.8. The van der Waals surface area contributed by atoms with Crippen molar-refractivity contribution in [1.29, 1.82) is 0 Å². The molecule has 1 aliphatic carbocycles. The first-order valence-electron chi connectivity index (χ1n) is 12.0. The number of hydrogen-bond donors (Lipinski definition) is 0. The van der Waals surface area contributed by atoms with Gasteiger partial charge in [-0.1, -0.05) is 60.7 Å². The Labute approximate surface area is 204 Å². The molecule has 2 aliphatic heterocycles. The van der Waals surface area contributed by atoms with Crippen molar-refractivity contribution in [2.24, 2.45) is 5.92 Å². The van der Waals surface area contributed by atoms with Gasteiger partial charge in [0.2, 0.25) is 0 Å². The van der Waals surface area contributed by atoms with E-state index in [1.54, 1.807) is 25.7 Å². The average molecular weight is 479 g/mol. The first kappa shape index (κ1) is 23.5. The van der Waals surface area contributed by atoms with E-state index >= 15 is 0 Å². The fourth-order valence-corrected chi connectivity index (χ4v) is 5.59. The Morgan fingerprint density at radius 3 is 2.17 bits per heavy atom. The molecular formula is C27H30N2O6. The summed E-state index contributed by atoms with van der Waals surface area (Å²) in [4.78, 5) is 43.9. The molecule has 2 aromatic carbocycles. The minimum Gasteiger partial charge on any atom is -0.466 e. The topological polar surface area (TPSA) is 85.4 Å². The highest BCUT2D eigenvalue weighted by Crippen LogP contribution is 2.53. The number of nitrogens with zero attached hydrogens (tertiary/aromatic N) is 2. The molecule has 2 aromatic rings. The number of carbonyl (C=O) groups is 3. The third-order valence-corrected chi connectivity index (χ3v) is 7.04. The van der Waals surface area contributed by atoms with Crippen molar-refractivity contribution >= 4 is 17.9 Å². The van der Waals surface area contributed by atoms with Gasteiger partial charge in [0.25, 0.3) is 5.91 Å². The Morgan fingerprint density at radius 2 is 1.57 bits per heavy atom. The van der Waals surface area contributed by atoms with Crippen molar-refractivity contribution in [3.05, 3.63) is 71.8 Å². The fourth-order valence-electron chi connectivity index (χ4n) is 5.59. The minimum absolute atomic E-state index is 0.0833. The van der Waals surface area contributed by atoms with Crippen molar-refractivity contribution in [2.45, 2.75) is 63.8 Å². The lowest BCUT2D eigenvalue weighted by Gasteiger charge is -2.36. The number of urea groups is 1. The summed E-state index contributed by atoms with van der Waals surface area (Å²) in [6.07, 6.45) is -1.41. The van der Waals surface area contributed by atoms with Gasteiger partial charge in [0.15, 0.2) is 11.3 Å². The SMILES string of the molecule is CCOC(=O)[C@H]1C[C@]2(C(=O)N(Cc3ccccc3)C(=O)N2Cc2ccccc2)[C@H]2OC(C)(C)O[C@@H]12. The molecule has 5 rings (SSSR count). The van der Waals surface area contributed by atoms with Crippen LogP contribution in [0.2, 0.25) is 0 Å². The molecule has 2 saturated heterocycles. The van der Waals surface area contributed by atoms with Crippen LogP contribution < -0.4 is 0 Å². The molecule has 1 spiro atoms. The Hall–Kier alpha value is -3.23. The van der Waals surface area contributed by atoms with Gasteiger partial charge in [-0.2, -0.15) is 0 Å². The molecule has 0 unspecified atom stereocenters. The molecule has 3 amide bonds. The molecule has 2 heterocycles. The molecule has 3 aliphatic rings. The monoisotopic (exact) mass is 478 g/mol. The van der Waals surface area contributed by atoms with Crippen molar-refractivity contribution in [3.8, 4) is 0 Å². The van der Waals surface area contributed by atoms with Crippen LogP contribution in [0, 0.1) is 5.92 Å². The van der Waals surface area contributed by atoms with Crippen molar-refractivity contribution in [3.63, 3.8) is 0 Å². The fraction of sp³-hybridized carbons (Fsp3) is 0.444. The zero-order chi connectivity index (χ0) is 24.8. The molecule has 1 saturated carbocycles. The number of carbonyl (C=O) groups excluding carboxylic acids is 3. The molecule has 0 bridgehead atoms. The van der Waals surface area contributed by atoms with E-state index in [1.165, 1.54) is 4.90 Å². The van der Waals surface area contributed by atoms with Crippen LogP contribution in [0.3, 0.4) is 0 Å². The van der Waals surface area contributed by atoms with Gasteiger partial charge < -0.3 is 19.1 Å². The van der Waals surface area contributed by atoms with Gasteiger partial charge >= 0.3 is 12.0 Å². The number of benzene rings is 2. The molecule has 3 fully saturated rings. The lowest BCUT2D eigenvalue weighted by Crippen LogP contribution is -2.57. The maximum atomic E-state index is 14.2. The van der Waals surface area contributed by atoms with E-state index in [1.807, 2.05) is 60.7 Å². The zero-order valence-electron chi connectivity index (χ0n) is 20.2. The van der Waals surface area contributed by atoms with E-state index in [0.29, 0.717) is 0 Å². The quantitative estimate of drug-likeness (QED) is 0.467. The van der Waals surface area contributed by atoms with Crippen LogP contribution in [0.5, 0.6) is 0 Å². The van der Waals surface area contributed by atoms with Gasteiger partial charge in [0, 0.05) is 6.54 Å². The number of esters is 1. The molecule has 0 radical (unpaired) electrons. The van der Waals surface area contributed by atoms with Crippen LogP contribution >= 0.6 is 0 Å². The lowest BCUT2D eigenvalue weighted by atomic mass is 9.91. The number of hydrogen-bond acceptors (Lipinski definition) is 6. The van der Waals surface area contributed by atoms with Gasteiger partial charge in [-0.3, -0.25) is 14.5 Å². The van der Waals surface area contributed by atoms with Gasteiger partial charge in [-0.05, 0) is 38.3 Å². The third kappa shape index (κ3) is 3.90. The standard InChI is InChI=1S/C27H30N2O6/c1-4-33-23(30)20-15-27(22-21(20)34-26(2,3)35-22)24(31)28(16-18-11-7-5-8-12-18)25(32)29(27)17-19-13-9-6-10-14-19/h5-14,20-22H,4,15-17H2,1-3H3/t20-,21-,22-,27+/m0/s1. The molecular weight excluding hydrogens is 448 g/mol. The van der Waals surface area contributed by atoms with Crippen LogP contribution in [-0.2, 0) is 36.9 Å². The number of fused-ring (bicyclic) bond motifs is 2. The summed E-state index contributed by atoms with van der Waals surface area (Å²) in [5, 5.41) is 0. The van der Waals surface area contributed by atoms with Gasteiger partial charge in [-0.25, -0.2) is 4.79 Å². The average Bonchev–Trinajstić information content (AvgIpc) is 3.39. The zero-order valence-corrected chi connectivity index (χ0v) is 20.2. The second-order valence-electron chi connectivity index (χ2n) is 9.74. The normalized spacial score (nSPS) is 29.2. The maximum Gasteiger partial charge on any atom is 0.328 e. The van der Waals surface area contributed by atoms with Gasteiger partial charge in [0.05, 0.1) is 19.1 Å². The molecule has 0 N–H and O–H groups in total. The van der Waals surface area contributed by atoms with Crippen LogP contribution in [-0.4, -0.2) is 57.8 Å². The molecule has 184 valence electrons. The molecule has 35 heavy (non-hydrogen) atoms. The van der Waals surface area contributed by atoms with Crippen molar-refractivity contribution in [2.75, 3.05) is 6.61 Å². The number of amides is 3.